The smallest absolute Gasteiger partial charge is 0.0350 e. The van der Waals surface area contributed by atoms with Crippen molar-refractivity contribution in [3.8, 4) is 0 Å². The molecule has 2 heterocycles. The van der Waals surface area contributed by atoms with Gasteiger partial charge in [-0.15, -0.1) is 11.3 Å². The summed E-state index contributed by atoms with van der Waals surface area (Å²) in [4.78, 5) is 5.48. The van der Waals surface area contributed by atoms with Crippen LogP contribution in [0, 0.1) is 0 Å². The van der Waals surface area contributed by atoms with Crippen LogP contribution in [0.1, 0.15) is 27.8 Å². The molecule has 100 valence electrons. The fraction of sp³-hybridized carbons (Fsp3) is 0.375. The van der Waals surface area contributed by atoms with Gasteiger partial charge in [0, 0.05) is 35.1 Å². The number of fused-ring (bicyclic) bond motifs is 1. The molecule has 0 unspecified atom stereocenters. The number of hydrogen-bond acceptors (Lipinski definition) is 3. The number of nitrogens with zero attached hydrogens (tertiary/aromatic N) is 1. The van der Waals surface area contributed by atoms with E-state index in [1.54, 1.807) is 0 Å². The maximum atomic E-state index is 6.04. The summed E-state index contributed by atoms with van der Waals surface area (Å²) in [6, 6.07) is 10.8. The second-order valence-electron chi connectivity index (χ2n) is 5.17. The molecule has 3 heteroatoms. The van der Waals surface area contributed by atoms with Crippen LogP contribution in [0.2, 0.25) is 0 Å². The quantitative estimate of drug-likeness (QED) is 0.867. The molecule has 1 aliphatic rings. The number of thiophene rings is 1. The molecule has 1 aromatic carbocycles. The summed E-state index contributed by atoms with van der Waals surface area (Å²) < 4.78 is 0. The second-order valence-corrected chi connectivity index (χ2v) is 6.42. The van der Waals surface area contributed by atoms with Crippen molar-refractivity contribution in [2.45, 2.75) is 32.9 Å². The van der Waals surface area contributed by atoms with E-state index in [-0.39, 0.29) is 0 Å². The predicted molar refractivity (Wildman–Crippen MR) is 82.4 cm³/mol. The van der Waals surface area contributed by atoms with Crippen LogP contribution < -0.4 is 5.73 Å². The number of benzene rings is 1. The van der Waals surface area contributed by atoms with Crippen LogP contribution in [0.25, 0.3) is 0 Å². The van der Waals surface area contributed by atoms with Crippen LogP contribution in [0.4, 0.5) is 5.69 Å². The number of anilines is 1. The van der Waals surface area contributed by atoms with Crippen LogP contribution >= 0.6 is 11.3 Å². The Hall–Kier alpha value is -1.32. The van der Waals surface area contributed by atoms with E-state index >= 15 is 0 Å². The van der Waals surface area contributed by atoms with Crippen molar-refractivity contribution < 1.29 is 0 Å². The maximum absolute atomic E-state index is 6.04. The Morgan fingerprint density at radius 1 is 1.21 bits per heavy atom. The van der Waals surface area contributed by atoms with Crippen molar-refractivity contribution in [2.75, 3.05) is 12.3 Å². The average Bonchev–Trinajstić information content (AvgIpc) is 2.86. The molecular formula is C16H20N2S. The number of nitrogen functional groups attached to an aromatic ring is 1. The molecule has 2 nitrogen and oxygen atoms in total. The minimum absolute atomic E-state index is 0.960. The Bertz CT molecular complexity index is 574. The average molecular weight is 272 g/mol. The van der Waals surface area contributed by atoms with Crippen LogP contribution in [-0.4, -0.2) is 11.4 Å². The van der Waals surface area contributed by atoms with E-state index in [9.17, 15) is 0 Å². The monoisotopic (exact) mass is 272 g/mol. The van der Waals surface area contributed by atoms with Gasteiger partial charge in [-0.1, -0.05) is 19.1 Å². The van der Waals surface area contributed by atoms with Gasteiger partial charge in [0.05, 0.1) is 0 Å². The molecule has 0 bridgehead atoms. The summed E-state index contributed by atoms with van der Waals surface area (Å²) in [7, 11) is 0. The largest absolute Gasteiger partial charge is 0.398 e. The fourth-order valence-electron chi connectivity index (χ4n) is 2.75. The maximum Gasteiger partial charge on any atom is 0.0350 e. The van der Waals surface area contributed by atoms with Crippen LogP contribution in [0.15, 0.2) is 30.3 Å². The molecule has 0 atom stereocenters. The lowest BCUT2D eigenvalue weighted by Gasteiger charge is -2.29. The summed E-state index contributed by atoms with van der Waals surface area (Å²) in [5.41, 5.74) is 9.77. The van der Waals surface area contributed by atoms with E-state index in [4.69, 9.17) is 5.73 Å². The zero-order valence-corrected chi connectivity index (χ0v) is 12.2. The van der Waals surface area contributed by atoms with E-state index in [0.29, 0.717) is 0 Å². The topological polar surface area (TPSA) is 29.3 Å². The molecule has 0 saturated carbocycles. The van der Waals surface area contributed by atoms with Crippen LogP contribution in [0.3, 0.4) is 0 Å². The highest BCUT2D eigenvalue weighted by Crippen LogP contribution is 2.26. The molecule has 0 amide bonds. The molecule has 3 rings (SSSR count). The standard InChI is InChI=1S/C16H20N2S/c1-2-13-6-7-14(19-13)11-18-9-8-15-12(10-18)4-3-5-16(15)17/h3-7H,2,8-11,17H2,1H3. The minimum atomic E-state index is 0.960. The summed E-state index contributed by atoms with van der Waals surface area (Å²) in [5.74, 6) is 0. The molecular weight excluding hydrogens is 252 g/mol. The van der Waals surface area contributed by atoms with E-state index in [2.05, 4.69) is 36.1 Å². The molecule has 1 aromatic heterocycles. The molecule has 1 aliphatic heterocycles. The van der Waals surface area contributed by atoms with Gasteiger partial charge < -0.3 is 5.73 Å². The molecule has 0 aliphatic carbocycles. The lowest BCUT2D eigenvalue weighted by Crippen LogP contribution is -2.30. The third-order valence-corrected chi connectivity index (χ3v) is 5.04. The van der Waals surface area contributed by atoms with Gasteiger partial charge in [-0.05, 0) is 42.2 Å². The van der Waals surface area contributed by atoms with Gasteiger partial charge in [0.2, 0.25) is 0 Å². The Balaban J connectivity index is 1.72. The van der Waals surface area contributed by atoms with Gasteiger partial charge in [-0.3, -0.25) is 4.90 Å². The van der Waals surface area contributed by atoms with E-state index < -0.39 is 0 Å². The number of aryl methyl sites for hydroxylation is 1. The van der Waals surface area contributed by atoms with Crippen LogP contribution in [-0.2, 0) is 25.9 Å². The second kappa shape index (κ2) is 5.35. The zero-order valence-electron chi connectivity index (χ0n) is 11.4. The molecule has 0 fully saturated rings. The SMILES string of the molecule is CCc1ccc(CN2CCc3c(N)cccc3C2)s1. The van der Waals surface area contributed by atoms with Crippen molar-refractivity contribution in [2.24, 2.45) is 0 Å². The Morgan fingerprint density at radius 3 is 2.84 bits per heavy atom. The summed E-state index contributed by atoms with van der Waals surface area (Å²) >= 11 is 1.94. The van der Waals surface area contributed by atoms with Crippen molar-refractivity contribution in [3.05, 3.63) is 51.2 Å². The fourth-order valence-corrected chi connectivity index (χ4v) is 3.75. The molecule has 0 radical (unpaired) electrons. The van der Waals surface area contributed by atoms with Gasteiger partial charge in [-0.2, -0.15) is 0 Å². The highest BCUT2D eigenvalue weighted by Gasteiger charge is 2.18. The highest BCUT2D eigenvalue weighted by molar-refractivity contribution is 7.11. The van der Waals surface area contributed by atoms with Crippen molar-refractivity contribution in [3.63, 3.8) is 0 Å². The van der Waals surface area contributed by atoms with Gasteiger partial charge in [-0.25, -0.2) is 0 Å². The molecule has 0 saturated heterocycles. The van der Waals surface area contributed by atoms with Gasteiger partial charge in [0.25, 0.3) is 0 Å². The number of rotatable bonds is 3. The van der Waals surface area contributed by atoms with Crippen molar-refractivity contribution >= 4 is 17.0 Å². The lowest BCUT2D eigenvalue weighted by molar-refractivity contribution is 0.248. The van der Waals surface area contributed by atoms with Gasteiger partial charge >= 0.3 is 0 Å². The van der Waals surface area contributed by atoms with Crippen molar-refractivity contribution in [1.29, 1.82) is 0 Å². The van der Waals surface area contributed by atoms with E-state index in [0.717, 1.165) is 38.2 Å². The van der Waals surface area contributed by atoms with Crippen LogP contribution in [0.5, 0.6) is 0 Å². The molecule has 2 aromatic rings. The summed E-state index contributed by atoms with van der Waals surface area (Å²) in [6.07, 6.45) is 2.22. The first-order valence-electron chi connectivity index (χ1n) is 6.92. The number of hydrogen-bond donors (Lipinski definition) is 1. The summed E-state index contributed by atoms with van der Waals surface area (Å²) in [6.45, 7) is 5.43. The Morgan fingerprint density at radius 2 is 2.05 bits per heavy atom. The molecule has 0 spiro atoms. The predicted octanol–water partition coefficient (Wildman–Crippen LogP) is 3.45. The van der Waals surface area contributed by atoms with E-state index in [1.165, 1.54) is 20.9 Å². The Labute approximate surface area is 118 Å². The normalized spacial score (nSPS) is 15.4. The first-order chi connectivity index (χ1) is 9.26. The first kappa shape index (κ1) is 12.7. The lowest BCUT2D eigenvalue weighted by atomic mass is 9.98. The highest BCUT2D eigenvalue weighted by atomic mass is 32.1. The third-order valence-electron chi connectivity index (χ3n) is 3.83. The molecule has 2 N–H and O–H groups in total. The zero-order chi connectivity index (χ0) is 13.2. The molecule has 19 heavy (non-hydrogen) atoms. The number of nitrogens with two attached hydrogens (primary N) is 1. The minimum Gasteiger partial charge on any atom is -0.398 e. The van der Waals surface area contributed by atoms with E-state index in [1.807, 2.05) is 17.4 Å². The Kier molecular flexibility index (Phi) is 3.58. The first-order valence-corrected chi connectivity index (χ1v) is 7.74. The van der Waals surface area contributed by atoms with Crippen molar-refractivity contribution in [1.82, 2.24) is 4.90 Å². The third kappa shape index (κ3) is 2.67. The summed E-state index contributed by atoms with van der Waals surface area (Å²) in [5, 5.41) is 0. The van der Waals surface area contributed by atoms with Gasteiger partial charge in [0.1, 0.15) is 0 Å². The van der Waals surface area contributed by atoms with Gasteiger partial charge in [0.15, 0.2) is 0 Å².